The molecule has 0 amide bonds. The number of hydrogen-bond donors (Lipinski definition) is 0. The average molecular weight is 281 g/mol. The van der Waals surface area contributed by atoms with E-state index in [4.69, 9.17) is 0 Å². The van der Waals surface area contributed by atoms with E-state index in [9.17, 15) is 0 Å². The van der Waals surface area contributed by atoms with Crippen LogP contribution in [0, 0.1) is 0 Å². The summed E-state index contributed by atoms with van der Waals surface area (Å²) in [4.78, 5) is 0. The summed E-state index contributed by atoms with van der Waals surface area (Å²) in [7, 11) is 2.16. The van der Waals surface area contributed by atoms with Crippen LogP contribution >= 0.6 is 0 Å². The molecule has 1 heterocycles. The van der Waals surface area contributed by atoms with Crippen LogP contribution in [0.25, 0.3) is 43.4 Å². The van der Waals surface area contributed by atoms with Gasteiger partial charge in [-0.05, 0) is 45.8 Å². The van der Waals surface area contributed by atoms with E-state index >= 15 is 0 Å². The number of fused-ring (bicyclic) bond motifs is 5. The third-order valence-corrected chi connectivity index (χ3v) is 4.74. The van der Waals surface area contributed by atoms with Crippen molar-refractivity contribution in [2.75, 3.05) is 0 Å². The van der Waals surface area contributed by atoms with Crippen LogP contribution in [-0.2, 0) is 7.05 Å². The molecule has 0 N–H and O–H groups in total. The Bertz CT molecular complexity index is 1090. The molecular weight excluding hydrogens is 266 g/mol. The average Bonchev–Trinajstić information content (AvgIpc) is 2.83. The zero-order valence-corrected chi connectivity index (χ0v) is 12.4. The first-order valence-corrected chi connectivity index (χ1v) is 7.61. The minimum Gasteiger partial charge on any atom is -0.344 e. The first-order valence-electron chi connectivity index (χ1n) is 7.61. The van der Waals surface area contributed by atoms with Gasteiger partial charge in [0.15, 0.2) is 0 Å². The normalized spacial score (nSPS) is 11.9. The second-order valence-electron chi connectivity index (χ2n) is 5.99. The Morgan fingerprint density at radius 1 is 0.545 bits per heavy atom. The van der Waals surface area contributed by atoms with Gasteiger partial charge >= 0.3 is 0 Å². The zero-order chi connectivity index (χ0) is 14.7. The lowest BCUT2D eigenvalue weighted by Gasteiger charge is -2.01. The molecule has 5 rings (SSSR count). The summed E-state index contributed by atoms with van der Waals surface area (Å²) >= 11 is 0. The van der Waals surface area contributed by atoms with Gasteiger partial charge in [-0.2, -0.15) is 0 Å². The lowest BCUT2D eigenvalue weighted by Crippen LogP contribution is -1.86. The molecular formula is C21H15N. The van der Waals surface area contributed by atoms with Crippen molar-refractivity contribution in [1.82, 2.24) is 4.57 Å². The van der Waals surface area contributed by atoms with Crippen LogP contribution in [0.1, 0.15) is 0 Å². The molecule has 4 aromatic carbocycles. The Labute approximate surface area is 128 Å². The van der Waals surface area contributed by atoms with Crippen LogP contribution in [0.4, 0.5) is 0 Å². The lowest BCUT2D eigenvalue weighted by molar-refractivity contribution is 1.02. The smallest absolute Gasteiger partial charge is 0.0495 e. The van der Waals surface area contributed by atoms with Gasteiger partial charge in [0.2, 0.25) is 0 Å². The predicted molar refractivity (Wildman–Crippen MR) is 95.4 cm³/mol. The van der Waals surface area contributed by atoms with Gasteiger partial charge in [-0.25, -0.2) is 0 Å². The second kappa shape index (κ2) is 4.11. The van der Waals surface area contributed by atoms with Crippen LogP contribution in [0.15, 0.2) is 72.8 Å². The first kappa shape index (κ1) is 11.8. The van der Waals surface area contributed by atoms with E-state index in [-0.39, 0.29) is 0 Å². The highest BCUT2D eigenvalue weighted by molar-refractivity contribution is 6.15. The van der Waals surface area contributed by atoms with Gasteiger partial charge in [0.1, 0.15) is 0 Å². The largest absolute Gasteiger partial charge is 0.344 e. The Hall–Kier alpha value is -2.80. The topological polar surface area (TPSA) is 4.93 Å². The third-order valence-electron chi connectivity index (χ3n) is 4.74. The monoisotopic (exact) mass is 281 g/mol. The van der Waals surface area contributed by atoms with E-state index < -0.39 is 0 Å². The highest BCUT2D eigenvalue weighted by Crippen LogP contribution is 2.34. The summed E-state index contributed by atoms with van der Waals surface area (Å²) in [6.45, 7) is 0. The SMILES string of the molecule is Cn1c2cc3ccccc3cc2c2cc3ccccc3cc21. The van der Waals surface area contributed by atoms with Crippen molar-refractivity contribution >= 4 is 43.4 Å². The van der Waals surface area contributed by atoms with Crippen LogP contribution in [-0.4, -0.2) is 4.57 Å². The molecule has 1 aromatic heterocycles. The van der Waals surface area contributed by atoms with Crippen molar-refractivity contribution in [1.29, 1.82) is 0 Å². The fourth-order valence-corrected chi connectivity index (χ4v) is 3.57. The molecule has 0 saturated carbocycles. The Balaban J connectivity index is 2.05. The fraction of sp³-hybridized carbons (Fsp3) is 0.0476. The predicted octanol–water partition coefficient (Wildman–Crippen LogP) is 5.64. The molecule has 1 heteroatoms. The van der Waals surface area contributed by atoms with Gasteiger partial charge in [0, 0.05) is 28.9 Å². The van der Waals surface area contributed by atoms with Gasteiger partial charge in [0.25, 0.3) is 0 Å². The maximum Gasteiger partial charge on any atom is 0.0495 e. The molecule has 0 bridgehead atoms. The number of benzene rings is 4. The molecule has 0 unspecified atom stereocenters. The number of hydrogen-bond acceptors (Lipinski definition) is 0. The van der Waals surface area contributed by atoms with E-state index in [2.05, 4.69) is 84.4 Å². The number of rotatable bonds is 0. The molecule has 22 heavy (non-hydrogen) atoms. The molecule has 5 aromatic rings. The van der Waals surface area contributed by atoms with E-state index in [1.54, 1.807) is 0 Å². The second-order valence-corrected chi connectivity index (χ2v) is 5.99. The highest BCUT2D eigenvalue weighted by Gasteiger charge is 2.10. The quantitative estimate of drug-likeness (QED) is 0.346. The molecule has 0 saturated heterocycles. The number of aromatic nitrogens is 1. The summed E-state index contributed by atoms with van der Waals surface area (Å²) in [5, 5.41) is 7.87. The van der Waals surface area contributed by atoms with E-state index in [0.717, 1.165) is 0 Å². The van der Waals surface area contributed by atoms with Crippen LogP contribution in [0.5, 0.6) is 0 Å². The molecule has 0 atom stereocenters. The van der Waals surface area contributed by atoms with Crippen molar-refractivity contribution in [3.05, 3.63) is 72.8 Å². The van der Waals surface area contributed by atoms with E-state index in [0.29, 0.717) is 0 Å². The van der Waals surface area contributed by atoms with Gasteiger partial charge in [-0.3, -0.25) is 0 Å². The molecule has 0 radical (unpaired) electrons. The Kier molecular flexibility index (Phi) is 2.21. The van der Waals surface area contributed by atoms with Crippen molar-refractivity contribution in [2.45, 2.75) is 0 Å². The highest BCUT2D eigenvalue weighted by atomic mass is 14.9. The molecule has 0 aliphatic heterocycles. The van der Waals surface area contributed by atoms with Crippen molar-refractivity contribution in [2.24, 2.45) is 7.05 Å². The van der Waals surface area contributed by atoms with Gasteiger partial charge < -0.3 is 4.57 Å². The van der Waals surface area contributed by atoms with Gasteiger partial charge in [-0.1, -0.05) is 48.5 Å². The summed E-state index contributed by atoms with van der Waals surface area (Å²) in [5.41, 5.74) is 2.59. The van der Waals surface area contributed by atoms with Gasteiger partial charge in [-0.15, -0.1) is 0 Å². The Morgan fingerprint density at radius 2 is 0.909 bits per heavy atom. The van der Waals surface area contributed by atoms with Gasteiger partial charge in [0.05, 0.1) is 0 Å². The minimum absolute atomic E-state index is 1.30. The first-order chi connectivity index (χ1) is 10.8. The zero-order valence-electron chi connectivity index (χ0n) is 12.4. The Morgan fingerprint density at radius 3 is 1.32 bits per heavy atom. The third kappa shape index (κ3) is 1.48. The minimum atomic E-state index is 1.30. The van der Waals surface area contributed by atoms with Crippen LogP contribution in [0.3, 0.4) is 0 Å². The maximum absolute atomic E-state index is 2.32. The summed E-state index contributed by atoms with van der Waals surface area (Å²) in [6.07, 6.45) is 0. The number of nitrogens with zero attached hydrogens (tertiary/aromatic N) is 1. The summed E-state index contributed by atoms with van der Waals surface area (Å²) in [6, 6.07) is 26.4. The van der Waals surface area contributed by atoms with Crippen LogP contribution in [0.2, 0.25) is 0 Å². The van der Waals surface area contributed by atoms with E-state index in [1.807, 2.05) is 0 Å². The maximum atomic E-state index is 2.32. The lowest BCUT2D eigenvalue weighted by atomic mass is 10.0. The molecule has 0 fully saturated rings. The molecule has 0 aliphatic rings. The summed E-state index contributed by atoms with van der Waals surface area (Å²) in [5.74, 6) is 0. The number of aryl methyl sites for hydroxylation is 1. The summed E-state index contributed by atoms with van der Waals surface area (Å²) < 4.78 is 2.31. The fourth-order valence-electron chi connectivity index (χ4n) is 3.57. The van der Waals surface area contributed by atoms with Crippen LogP contribution < -0.4 is 0 Å². The van der Waals surface area contributed by atoms with E-state index in [1.165, 1.54) is 43.4 Å². The molecule has 0 aliphatic carbocycles. The van der Waals surface area contributed by atoms with Crippen molar-refractivity contribution < 1.29 is 0 Å². The molecule has 0 spiro atoms. The molecule has 104 valence electrons. The van der Waals surface area contributed by atoms with Crippen molar-refractivity contribution in [3.8, 4) is 0 Å². The molecule has 1 nitrogen and oxygen atoms in total. The van der Waals surface area contributed by atoms with Crippen molar-refractivity contribution in [3.63, 3.8) is 0 Å². The standard InChI is InChI=1S/C21H15N/c1-22-20-12-16-8-4-2-6-14(16)10-18(20)19-11-15-7-3-5-9-17(15)13-21(19)22/h2-13H,1H3.